The van der Waals surface area contributed by atoms with Gasteiger partial charge in [-0.1, -0.05) is 20.8 Å². The first-order valence-corrected chi connectivity index (χ1v) is 6.36. The van der Waals surface area contributed by atoms with Gasteiger partial charge in [0.1, 0.15) is 11.6 Å². The number of nitrogens with zero attached hydrogens (tertiary/aromatic N) is 1. The average Bonchev–Trinajstić information content (AvgIpc) is 2.79. The molecule has 0 aliphatic carbocycles. The summed E-state index contributed by atoms with van der Waals surface area (Å²) in [7, 11) is 0. The van der Waals surface area contributed by atoms with E-state index in [0.29, 0.717) is 5.56 Å². The lowest BCUT2D eigenvalue weighted by Gasteiger charge is -2.24. The van der Waals surface area contributed by atoms with E-state index in [4.69, 9.17) is 5.73 Å². The Hall–Kier alpha value is -1.68. The lowest BCUT2D eigenvalue weighted by molar-refractivity contribution is 0.317. The number of aryl methyl sites for hydroxylation is 1. The van der Waals surface area contributed by atoms with Gasteiger partial charge in [0, 0.05) is 5.56 Å². The molecule has 0 spiro atoms. The van der Waals surface area contributed by atoms with Gasteiger partial charge in [-0.2, -0.15) is 0 Å². The van der Waals surface area contributed by atoms with Crippen molar-refractivity contribution in [2.45, 2.75) is 33.7 Å². The predicted octanol–water partition coefficient (Wildman–Crippen LogP) is 3.57. The fraction of sp³-hybridized carbons (Fsp3) is 0.400. The molecule has 0 saturated carbocycles. The number of benzene rings is 1. The van der Waals surface area contributed by atoms with Gasteiger partial charge in [0.15, 0.2) is 0 Å². The van der Waals surface area contributed by atoms with Crippen LogP contribution in [0.2, 0.25) is 0 Å². The Morgan fingerprint density at radius 3 is 2.58 bits per heavy atom. The van der Waals surface area contributed by atoms with Gasteiger partial charge < -0.3 is 10.7 Å². The van der Waals surface area contributed by atoms with Gasteiger partial charge in [-0.3, -0.25) is 0 Å². The first kappa shape index (κ1) is 13.7. The van der Waals surface area contributed by atoms with Crippen LogP contribution in [0.25, 0.3) is 11.3 Å². The number of halogens is 1. The Bertz CT molecular complexity index is 581. The summed E-state index contributed by atoms with van der Waals surface area (Å²) < 4.78 is 13.3. The van der Waals surface area contributed by atoms with Gasteiger partial charge in [-0.25, -0.2) is 9.37 Å². The number of imidazole rings is 1. The number of hydrogen-bond donors (Lipinski definition) is 2. The molecule has 1 atom stereocenters. The van der Waals surface area contributed by atoms with Crippen LogP contribution in [0, 0.1) is 18.2 Å². The SMILES string of the molecule is Cc1cc(-c2cnc([C@@H](N)C(C)(C)C)[nH]2)ccc1F. The van der Waals surface area contributed by atoms with Crippen molar-refractivity contribution >= 4 is 0 Å². The molecule has 4 heteroatoms. The molecule has 3 nitrogen and oxygen atoms in total. The van der Waals surface area contributed by atoms with Crippen molar-refractivity contribution in [2.75, 3.05) is 0 Å². The molecule has 0 bridgehead atoms. The van der Waals surface area contributed by atoms with Crippen molar-refractivity contribution in [1.29, 1.82) is 0 Å². The maximum absolute atomic E-state index is 13.3. The van der Waals surface area contributed by atoms with E-state index in [0.717, 1.165) is 17.1 Å². The second-order valence-corrected chi connectivity index (χ2v) is 5.99. The maximum atomic E-state index is 13.3. The summed E-state index contributed by atoms with van der Waals surface area (Å²) in [5.41, 5.74) is 8.50. The van der Waals surface area contributed by atoms with E-state index in [-0.39, 0.29) is 17.3 Å². The Labute approximate surface area is 113 Å². The lowest BCUT2D eigenvalue weighted by Crippen LogP contribution is -2.27. The Morgan fingerprint density at radius 1 is 1.32 bits per heavy atom. The molecule has 0 amide bonds. The second-order valence-electron chi connectivity index (χ2n) is 5.99. The molecule has 0 radical (unpaired) electrons. The van der Waals surface area contributed by atoms with Crippen molar-refractivity contribution in [3.05, 3.63) is 41.6 Å². The van der Waals surface area contributed by atoms with Crippen LogP contribution in [-0.4, -0.2) is 9.97 Å². The van der Waals surface area contributed by atoms with Gasteiger partial charge in [-0.05, 0) is 36.1 Å². The minimum Gasteiger partial charge on any atom is -0.341 e. The highest BCUT2D eigenvalue weighted by molar-refractivity contribution is 5.59. The van der Waals surface area contributed by atoms with E-state index in [1.54, 1.807) is 25.3 Å². The molecule has 2 rings (SSSR count). The number of H-pyrrole nitrogens is 1. The number of aromatic nitrogens is 2. The Morgan fingerprint density at radius 2 is 2.00 bits per heavy atom. The maximum Gasteiger partial charge on any atom is 0.126 e. The highest BCUT2D eigenvalue weighted by Crippen LogP contribution is 2.30. The summed E-state index contributed by atoms with van der Waals surface area (Å²) in [5, 5.41) is 0. The molecular formula is C15H20FN3. The van der Waals surface area contributed by atoms with E-state index < -0.39 is 0 Å². The molecule has 2 aromatic rings. The van der Waals surface area contributed by atoms with Crippen LogP contribution in [-0.2, 0) is 0 Å². The summed E-state index contributed by atoms with van der Waals surface area (Å²) in [6.07, 6.45) is 1.74. The lowest BCUT2D eigenvalue weighted by atomic mass is 9.87. The van der Waals surface area contributed by atoms with Crippen LogP contribution in [0.3, 0.4) is 0 Å². The van der Waals surface area contributed by atoms with Crippen molar-refractivity contribution < 1.29 is 4.39 Å². The third kappa shape index (κ3) is 2.84. The molecule has 19 heavy (non-hydrogen) atoms. The van der Waals surface area contributed by atoms with Crippen LogP contribution in [0.15, 0.2) is 24.4 Å². The van der Waals surface area contributed by atoms with E-state index in [1.807, 2.05) is 0 Å². The normalized spacial score (nSPS) is 13.6. The topological polar surface area (TPSA) is 54.7 Å². The number of nitrogens with two attached hydrogens (primary N) is 1. The Balaban J connectivity index is 2.33. The van der Waals surface area contributed by atoms with E-state index in [2.05, 4.69) is 30.7 Å². The molecule has 102 valence electrons. The van der Waals surface area contributed by atoms with Crippen LogP contribution in [0.1, 0.15) is 38.2 Å². The monoisotopic (exact) mass is 261 g/mol. The highest BCUT2D eigenvalue weighted by Gasteiger charge is 2.24. The summed E-state index contributed by atoms with van der Waals surface area (Å²) in [4.78, 5) is 7.56. The summed E-state index contributed by atoms with van der Waals surface area (Å²) in [5.74, 6) is 0.555. The number of hydrogen-bond acceptors (Lipinski definition) is 2. The minimum absolute atomic E-state index is 0.0617. The van der Waals surface area contributed by atoms with Crippen molar-refractivity contribution in [2.24, 2.45) is 11.1 Å². The van der Waals surface area contributed by atoms with Gasteiger partial charge >= 0.3 is 0 Å². The molecule has 1 aromatic heterocycles. The van der Waals surface area contributed by atoms with Crippen LogP contribution >= 0.6 is 0 Å². The largest absolute Gasteiger partial charge is 0.341 e. The standard InChI is InChI=1S/C15H20FN3/c1-9-7-10(5-6-11(9)16)12-8-18-14(19-12)13(17)15(2,3)4/h5-8,13H,17H2,1-4H3,(H,18,19)/t13-/m1/s1. The zero-order chi connectivity index (χ0) is 14.2. The Kier molecular flexibility index (Phi) is 3.45. The number of rotatable bonds is 2. The quantitative estimate of drug-likeness (QED) is 0.868. The third-order valence-electron chi connectivity index (χ3n) is 3.29. The minimum atomic E-state index is -0.199. The van der Waals surface area contributed by atoms with Gasteiger partial charge in [-0.15, -0.1) is 0 Å². The summed E-state index contributed by atoms with van der Waals surface area (Å²) in [6.45, 7) is 7.96. The molecule has 3 N–H and O–H groups in total. The molecule has 0 fully saturated rings. The van der Waals surface area contributed by atoms with Crippen molar-refractivity contribution in [3.8, 4) is 11.3 Å². The number of aromatic amines is 1. The molecule has 1 aromatic carbocycles. The fourth-order valence-electron chi connectivity index (χ4n) is 1.86. The average molecular weight is 261 g/mol. The third-order valence-corrected chi connectivity index (χ3v) is 3.29. The molecule has 0 aliphatic heterocycles. The number of nitrogens with one attached hydrogen (secondary N) is 1. The predicted molar refractivity (Wildman–Crippen MR) is 75.1 cm³/mol. The van der Waals surface area contributed by atoms with Gasteiger partial charge in [0.25, 0.3) is 0 Å². The zero-order valence-electron chi connectivity index (χ0n) is 11.8. The van der Waals surface area contributed by atoms with Crippen LogP contribution < -0.4 is 5.73 Å². The molecular weight excluding hydrogens is 241 g/mol. The summed E-state index contributed by atoms with van der Waals surface area (Å²) >= 11 is 0. The van der Waals surface area contributed by atoms with E-state index >= 15 is 0 Å². The first-order valence-electron chi connectivity index (χ1n) is 6.36. The summed E-state index contributed by atoms with van der Waals surface area (Å²) in [6, 6.07) is 4.84. The smallest absolute Gasteiger partial charge is 0.126 e. The van der Waals surface area contributed by atoms with Crippen molar-refractivity contribution in [1.82, 2.24) is 9.97 Å². The fourth-order valence-corrected chi connectivity index (χ4v) is 1.86. The second kappa shape index (κ2) is 4.78. The molecule has 1 heterocycles. The first-order chi connectivity index (χ1) is 8.79. The van der Waals surface area contributed by atoms with E-state index in [9.17, 15) is 4.39 Å². The van der Waals surface area contributed by atoms with Crippen LogP contribution in [0.5, 0.6) is 0 Å². The highest BCUT2D eigenvalue weighted by atomic mass is 19.1. The zero-order valence-corrected chi connectivity index (χ0v) is 11.8. The molecule has 0 aliphatic rings. The van der Waals surface area contributed by atoms with Gasteiger partial charge in [0.05, 0.1) is 17.9 Å². The van der Waals surface area contributed by atoms with E-state index in [1.165, 1.54) is 6.07 Å². The molecule has 0 saturated heterocycles. The molecule has 0 unspecified atom stereocenters. The van der Waals surface area contributed by atoms with Crippen LogP contribution in [0.4, 0.5) is 4.39 Å². The van der Waals surface area contributed by atoms with Gasteiger partial charge in [0.2, 0.25) is 0 Å². The van der Waals surface area contributed by atoms with Crippen molar-refractivity contribution in [3.63, 3.8) is 0 Å².